The minimum absolute atomic E-state index is 0.126. The molecular weight excluding hydrogens is 370 g/mol. The van der Waals surface area contributed by atoms with Crippen LogP contribution < -0.4 is 19.7 Å². The molecule has 1 aliphatic heterocycles. The zero-order valence-corrected chi connectivity index (χ0v) is 17.6. The Hall–Kier alpha value is -3.03. The summed E-state index contributed by atoms with van der Waals surface area (Å²) in [6.45, 7) is 7.26. The molecule has 8 nitrogen and oxygen atoms in total. The molecule has 3 rings (SSSR count). The molecule has 156 valence electrons. The van der Waals surface area contributed by atoms with E-state index in [1.807, 2.05) is 36.1 Å². The minimum Gasteiger partial charge on any atom is -0.493 e. The Morgan fingerprint density at radius 3 is 2.45 bits per heavy atom. The number of methoxy groups -OCH3 is 2. The van der Waals surface area contributed by atoms with Crippen LogP contribution in [0.1, 0.15) is 18.3 Å². The zero-order chi connectivity index (χ0) is 20.8. The third kappa shape index (κ3) is 5.28. The summed E-state index contributed by atoms with van der Waals surface area (Å²) in [5, 5.41) is 3.39. The van der Waals surface area contributed by atoms with E-state index in [-0.39, 0.29) is 5.91 Å². The Morgan fingerprint density at radius 2 is 1.79 bits per heavy atom. The molecule has 0 spiro atoms. The SMILES string of the molecule is COc1ccc(CCNc2cc(N3CCN(C(C)=O)CC3)nc(C)n2)cc1OC. The first-order valence-corrected chi connectivity index (χ1v) is 9.81. The van der Waals surface area contributed by atoms with Crippen molar-refractivity contribution in [1.29, 1.82) is 0 Å². The molecule has 1 N–H and O–H groups in total. The lowest BCUT2D eigenvalue weighted by Gasteiger charge is -2.35. The average Bonchev–Trinajstić information content (AvgIpc) is 2.73. The van der Waals surface area contributed by atoms with E-state index in [9.17, 15) is 4.79 Å². The summed E-state index contributed by atoms with van der Waals surface area (Å²) in [6.07, 6.45) is 0.829. The van der Waals surface area contributed by atoms with E-state index in [0.29, 0.717) is 0 Å². The summed E-state index contributed by atoms with van der Waals surface area (Å²) >= 11 is 0. The molecule has 2 aromatic rings. The van der Waals surface area contributed by atoms with Gasteiger partial charge in [0.15, 0.2) is 11.5 Å². The normalized spacial score (nSPS) is 13.9. The number of rotatable bonds is 7. The van der Waals surface area contributed by atoms with E-state index in [1.165, 1.54) is 0 Å². The third-order valence-electron chi connectivity index (χ3n) is 5.04. The molecule has 1 aliphatic rings. The van der Waals surface area contributed by atoms with Gasteiger partial charge in [-0.25, -0.2) is 9.97 Å². The van der Waals surface area contributed by atoms with Gasteiger partial charge in [0, 0.05) is 45.7 Å². The topological polar surface area (TPSA) is 79.8 Å². The van der Waals surface area contributed by atoms with E-state index in [4.69, 9.17) is 9.47 Å². The van der Waals surface area contributed by atoms with Crippen LogP contribution in [0.2, 0.25) is 0 Å². The van der Waals surface area contributed by atoms with E-state index in [1.54, 1.807) is 21.1 Å². The molecule has 1 fully saturated rings. The number of carbonyl (C=O) groups excluding carboxylic acids is 1. The van der Waals surface area contributed by atoms with E-state index in [0.717, 1.165) is 73.7 Å². The maximum absolute atomic E-state index is 11.5. The number of anilines is 2. The van der Waals surface area contributed by atoms with E-state index < -0.39 is 0 Å². The molecule has 8 heteroatoms. The third-order valence-corrected chi connectivity index (χ3v) is 5.04. The van der Waals surface area contributed by atoms with Crippen LogP contribution in [-0.2, 0) is 11.2 Å². The highest BCUT2D eigenvalue weighted by molar-refractivity contribution is 5.73. The maximum atomic E-state index is 11.5. The second-order valence-electron chi connectivity index (χ2n) is 7.02. The molecule has 0 bridgehead atoms. The van der Waals surface area contributed by atoms with Gasteiger partial charge in [-0.3, -0.25) is 4.79 Å². The van der Waals surface area contributed by atoms with Crippen LogP contribution in [0.3, 0.4) is 0 Å². The van der Waals surface area contributed by atoms with Crippen LogP contribution >= 0.6 is 0 Å². The molecular formula is C21H29N5O3. The lowest BCUT2D eigenvalue weighted by Crippen LogP contribution is -2.48. The molecule has 0 radical (unpaired) electrons. The molecule has 1 aromatic carbocycles. The second-order valence-corrected chi connectivity index (χ2v) is 7.02. The number of piperazine rings is 1. The summed E-state index contributed by atoms with van der Waals surface area (Å²) in [5.74, 6) is 4.02. The molecule has 1 aromatic heterocycles. The van der Waals surface area contributed by atoms with Crippen LogP contribution in [-0.4, -0.2) is 67.7 Å². The fraction of sp³-hybridized carbons (Fsp3) is 0.476. The minimum atomic E-state index is 0.126. The second kappa shape index (κ2) is 9.45. The number of hydrogen-bond acceptors (Lipinski definition) is 7. The fourth-order valence-electron chi connectivity index (χ4n) is 3.43. The van der Waals surface area contributed by atoms with Gasteiger partial charge >= 0.3 is 0 Å². The first kappa shape index (κ1) is 20.7. The molecule has 1 amide bonds. The molecule has 1 saturated heterocycles. The molecule has 0 saturated carbocycles. The molecule has 29 heavy (non-hydrogen) atoms. The van der Waals surface area contributed by atoms with Crippen LogP contribution in [0.4, 0.5) is 11.6 Å². The highest BCUT2D eigenvalue weighted by atomic mass is 16.5. The van der Waals surface area contributed by atoms with Gasteiger partial charge < -0.3 is 24.6 Å². The van der Waals surface area contributed by atoms with Crippen molar-refractivity contribution in [3.63, 3.8) is 0 Å². The van der Waals surface area contributed by atoms with Crippen molar-refractivity contribution >= 4 is 17.5 Å². The van der Waals surface area contributed by atoms with Gasteiger partial charge in [-0.1, -0.05) is 6.07 Å². The lowest BCUT2D eigenvalue weighted by atomic mass is 10.1. The van der Waals surface area contributed by atoms with Gasteiger partial charge in [-0.2, -0.15) is 0 Å². The molecule has 0 atom stereocenters. The molecule has 2 heterocycles. The highest BCUT2D eigenvalue weighted by Crippen LogP contribution is 2.27. The standard InChI is InChI=1S/C21H29N5O3/c1-15-23-20(14-21(24-15)26-11-9-25(10-12-26)16(2)27)22-8-7-17-5-6-18(28-3)19(13-17)29-4/h5-6,13-14H,7-12H2,1-4H3,(H,22,23,24). The Kier molecular flexibility index (Phi) is 6.74. The largest absolute Gasteiger partial charge is 0.493 e. The fourth-order valence-corrected chi connectivity index (χ4v) is 3.43. The molecule has 0 aliphatic carbocycles. The van der Waals surface area contributed by atoms with Crippen LogP contribution in [0.5, 0.6) is 11.5 Å². The smallest absolute Gasteiger partial charge is 0.219 e. The number of amides is 1. The number of hydrogen-bond donors (Lipinski definition) is 1. The number of benzene rings is 1. The first-order valence-electron chi connectivity index (χ1n) is 9.81. The van der Waals surface area contributed by atoms with Gasteiger partial charge in [-0.05, 0) is 31.0 Å². The van der Waals surface area contributed by atoms with Crippen molar-refractivity contribution in [2.45, 2.75) is 20.3 Å². The Balaban J connectivity index is 1.60. The summed E-state index contributed by atoms with van der Waals surface area (Å²) in [5.41, 5.74) is 1.15. The summed E-state index contributed by atoms with van der Waals surface area (Å²) in [6, 6.07) is 7.92. The average molecular weight is 399 g/mol. The van der Waals surface area contributed by atoms with Crippen LogP contribution in [0.25, 0.3) is 0 Å². The summed E-state index contributed by atoms with van der Waals surface area (Å²) < 4.78 is 10.7. The van der Waals surface area contributed by atoms with Gasteiger partial charge in [0.25, 0.3) is 0 Å². The molecule has 0 unspecified atom stereocenters. The quantitative estimate of drug-likeness (QED) is 0.764. The number of ether oxygens (including phenoxy) is 2. The highest BCUT2D eigenvalue weighted by Gasteiger charge is 2.20. The van der Waals surface area contributed by atoms with Crippen LogP contribution in [0.15, 0.2) is 24.3 Å². The van der Waals surface area contributed by atoms with Crippen molar-refractivity contribution < 1.29 is 14.3 Å². The predicted molar refractivity (Wildman–Crippen MR) is 113 cm³/mol. The zero-order valence-electron chi connectivity index (χ0n) is 17.6. The van der Waals surface area contributed by atoms with Crippen molar-refractivity contribution in [3.05, 3.63) is 35.7 Å². The monoisotopic (exact) mass is 399 g/mol. The van der Waals surface area contributed by atoms with Gasteiger partial charge in [-0.15, -0.1) is 0 Å². The summed E-state index contributed by atoms with van der Waals surface area (Å²) in [4.78, 5) is 24.7. The van der Waals surface area contributed by atoms with Crippen molar-refractivity contribution in [3.8, 4) is 11.5 Å². The lowest BCUT2D eigenvalue weighted by molar-refractivity contribution is -0.129. The van der Waals surface area contributed by atoms with Gasteiger partial charge in [0.2, 0.25) is 5.91 Å². The van der Waals surface area contributed by atoms with E-state index in [2.05, 4.69) is 20.2 Å². The Morgan fingerprint density at radius 1 is 1.07 bits per heavy atom. The van der Waals surface area contributed by atoms with E-state index >= 15 is 0 Å². The van der Waals surface area contributed by atoms with Gasteiger partial charge in [0.1, 0.15) is 17.5 Å². The Labute approximate surface area is 171 Å². The van der Waals surface area contributed by atoms with Crippen molar-refractivity contribution in [1.82, 2.24) is 14.9 Å². The Bertz CT molecular complexity index is 850. The van der Waals surface area contributed by atoms with Gasteiger partial charge in [0.05, 0.1) is 14.2 Å². The summed E-state index contributed by atoms with van der Waals surface area (Å²) in [7, 11) is 3.27. The number of aryl methyl sites for hydroxylation is 1. The number of nitrogens with one attached hydrogen (secondary N) is 1. The van der Waals surface area contributed by atoms with Crippen molar-refractivity contribution in [2.24, 2.45) is 0 Å². The number of nitrogens with zero attached hydrogens (tertiary/aromatic N) is 4. The van der Waals surface area contributed by atoms with Crippen molar-refractivity contribution in [2.75, 3.05) is 57.2 Å². The first-order chi connectivity index (χ1) is 14.0. The number of carbonyl (C=O) groups is 1. The van der Waals surface area contributed by atoms with Crippen LogP contribution in [0, 0.1) is 6.92 Å². The number of aromatic nitrogens is 2. The predicted octanol–water partition coefficient (Wildman–Crippen LogP) is 2.13. The maximum Gasteiger partial charge on any atom is 0.219 e.